The molecule has 1 N–H and O–H groups in total. The average Bonchev–Trinajstić information content (AvgIpc) is 2.88. The number of rotatable bonds is 5. The van der Waals surface area contributed by atoms with Crippen LogP contribution in [0.3, 0.4) is 0 Å². The van der Waals surface area contributed by atoms with E-state index in [1.165, 1.54) is 19.1 Å². The summed E-state index contributed by atoms with van der Waals surface area (Å²) in [6.07, 6.45) is 0. The number of ether oxygens (including phenoxy) is 1. The minimum atomic E-state index is -1.49. The molecule has 6 nitrogen and oxygen atoms in total. The van der Waals surface area contributed by atoms with E-state index in [0.29, 0.717) is 11.3 Å². The predicted molar refractivity (Wildman–Crippen MR) is 90.6 cm³/mol. The number of carbonyl (C=O) groups is 2. The monoisotopic (exact) mass is 371 g/mol. The van der Waals surface area contributed by atoms with Crippen LogP contribution in [0, 0.1) is 23.0 Å². The van der Waals surface area contributed by atoms with Crippen LogP contribution in [0.1, 0.15) is 18.1 Å². The molecule has 2 aromatic carbocycles. The second kappa shape index (κ2) is 7.03. The first-order chi connectivity index (χ1) is 12.8. The number of carbonyl (C=O) groups excluding carboxylic acids is 2. The van der Waals surface area contributed by atoms with Gasteiger partial charge in [-0.3, -0.25) is 9.69 Å². The van der Waals surface area contributed by atoms with Gasteiger partial charge in [0.05, 0.1) is 18.2 Å². The van der Waals surface area contributed by atoms with Gasteiger partial charge in [0.25, 0.3) is 5.91 Å². The van der Waals surface area contributed by atoms with Crippen LogP contribution in [-0.2, 0) is 10.3 Å². The fraction of sp³-hybridized carbons (Fsp3) is 0.211. The lowest BCUT2D eigenvalue weighted by Gasteiger charge is -2.22. The van der Waals surface area contributed by atoms with E-state index in [9.17, 15) is 18.4 Å². The molecule has 1 fully saturated rings. The van der Waals surface area contributed by atoms with Gasteiger partial charge >= 0.3 is 6.03 Å². The molecule has 0 unspecified atom stereocenters. The molecule has 27 heavy (non-hydrogen) atoms. The Balaban J connectivity index is 1.70. The first-order valence-corrected chi connectivity index (χ1v) is 8.08. The van der Waals surface area contributed by atoms with E-state index < -0.39 is 29.1 Å². The zero-order chi connectivity index (χ0) is 19.6. The number of benzene rings is 2. The highest BCUT2D eigenvalue weighted by Crippen LogP contribution is 2.29. The third kappa shape index (κ3) is 3.44. The molecule has 1 saturated heterocycles. The molecular formula is C19H15F2N3O3. The van der Waals surface area contributed by atoms with Crippen molar-refractivity contribution in [2.45, 2.75) is 12.5 Å². The summed E-state index contributed by atoms with van der Waals surface area (Å²) < 4.78 is 32.2. The molecule has 0 aromatic heterocycles. The van der Waals surface area contributed by atoms with E-state index in [2.05, 4.69) is 5.32 Å². The highest BCUT2D eigenvalue weighted by Gasteiger charge is 2.49. The summed E-state index contributed by atoms with van der Waals surface area (Å²) in [7, 11) is 0. The fourth-order valence-corrected chi connectivity index (χ4v) is 2.81. The molecule has 0 radical (unpaired) electrons. The minimum Gasteiger partial charge on any atom is -0.492 e. The Morgan fingerprint density at radius 3 is 2.67 bits per heavy atom. The summed E-state index contributed by atoms with van der Waals surface area (Å²) in [5.41, 5.74) is -0.926. The van der Waals surface area contributed by atoms with E-state index in [4.69, 9.17) is 10.00 Å². The minimum absolute atomic E-state index is 0.0158. The van der Waals surface area contributed by atoms with Crippen LogP contribution in [0.15, 0.2) is 42.5 Å². The van der Waals surface area contributed by atoms with Crippen molar-refractivity contribution >= 4 is 11.9 Å². The molecular weight excluding hydrogens is 356 g/mol. The van der Waals surface area contributed by atoms with Gasteiger partial charge in [-0.1, -0.05) is 12.1 Å². The molecule has 1 heterocycles. The van der Waals surface area contributed by atoms with Crippen LogP contribution in [0.2, 0.25) is 0 Å². The molecule has 0 spiro atoms. The maximum Gasteiger partial charge on any atom is 0.325 e. The van der Waals surface area contributed by atoms with Crippen LogP contribution in [0.5, 0.6) is 5.75 Å². The van der Waals surface area contributed by atoms with Gasteiger partial charge in [-0.2, -0.15) is 5.26 Å². The molecule has 0 aliphatic carbocycles. The number of nitriles is 1. The predicted octanol–water partition coefficient (Wildman–Crippen LogP) is 2.68. The zero-order valence-electron chi connectivity index (χ0n) is 14.3. The second-order valence-electron chi connectivity index (χ2n) is 6.13. The number of urea groups is 1. The highest BCUT2D eigenvalue weighted by atomic mass is 19.2. The van der Waals surface area contributed by atoms with Crippen molar-refractivity contribution in [1.29, 1.82) is 5.26 Å². The zero-order valence-corrected chi connectivity index (χ0v) is 14.3. The van der Waals surface area contributed by atoms with Gasteiger partial charge < -0.3 is 10.1 Å². The van der Waals surface area contributed by atoms with Gasteiger partial charge in [-0.25, -0.2) is 13.6 Å². The molecule has 1 aliphatic heterocycles. The number of imide groups is 1. The fourth-order valence-electron chi connectivity index (χ4n) is 2.81. The number of halogens is 2. The number of amides is 3. The third-order valence-electron chi connectivity index (χ3n) is 4.32. The lowest BCUT2D eigenvalue weighted by atomic mass is 9.92. The maximum absolute atomic E-state index is 13.5. The van der Waals surface area contributed by atoms with Gasteiger partial charge in [0.1, 0.15) is 17.9 Å². The van der Waals surface area contributed by atoms with Gasteiger partial charge in [0, 0.05) is 0 Å². The lowest BCUT2D eigenvalue weighted by molar-refractivity contribution is -0.131. The normalized spacial score (nSPS) is 19.0. The Labute approximate surface area is 154 Å². The van der Waals surface area contributed by atoms with Crippen molar-refractivity contribution in [3.8, 4) is 11.8 Å². The van der Waals surface area contributed by atoms with Gasteiger partial charge in [0.15, 0.2) is 11.6 Å². The van der Waals surface area contributed by atoms with Crippen LogP contribution in [0.25, 0.3) is 0 Å². The average molecular weight is 371 g/mol. The summed E-state index contributed by atoms with van der Waals surface area (Å²) in [5.74, 6) is -2.30. The Kier molecular flexibility index (Phi) is 4.77. The number of nitrogens with one attached hydrogen (secondary N) is 1. The number of hydrogen-bond acceptors (Lipinski definition) is 4. The van der Waals surface area contributed by atoms with Crippen LogP contribution >= 0.6 is 0 Å². The van der Waals surface area contributed by atoms with Gasteiger partial charge in [-0.15, -0.1) is 0 Å². The number of nitrogens with zero attached hydrogens (tertiary/aromatic N) is 2. The highest BCUT2D eigenvalue weighted by molar-refractivity contribution is 6.07. The van der Waals surface area contributed by atoms with Crippen molar-refractivity contribution in [1.82, 2.24) is 10.2 Å². The summed E-state index contributed by atoms with van der Waals surface area (Å²) in [6, 6.07) is 10.8. The smallest absolute Gasteiger partial charge is 0.325 e. The van der Waals surface area contributed by atoms with Crippen molar-refractivity contribution in [2.75, 3.05) is 13.2 Å². The standard InChI is InChI=1S/C19H15F2N3O3/c1-19(13-5-6-15(20)16(21)10-13)17(25)24(18(26)23-19)7-8-27-14-4-2-3-12(9-14)11-22/h2-6,9-10H,7-8H2,1H3,(H,23,26)/t19-/m1/s1. The Bertz CT molecular complexity index is 957. The van der Waals surface area contributed by atoms with Crippen LogP contribution in [0.4, 0.5) is 13.6 Å². The summed E-state index contributed by atoms with van der Waals surface area (Å²) in [4.78, 5) is 25.9. The van der Waals surface area contributed by atoms with E-state index in [-0.39, 0.29) is 18.7 Å². The summed E-state index contributed by atoms with van der Waals surface area (Å²) in [6.45, 7) is 1.40. The van der Waals surface area contributed by atoms with E-state index in [0.717, 1.165) is 17.0 Å². The molecule has 3 rings (SSSR count). The quantitative estimate of drug-likeness (QED) is 0.820. The maximum atomic E-state index is 13.5. The molecule has 1 aliphatic rings. The molecule has 138 valence electrons. The largest absolute Gasteiger partial charge is 0.492 e. The van der Waals surface area contributed by atoms with Crippen molar-refractivity contribution in [3.05, 3.63) is 65.2 Å². The van der Waals surface area contributed by atoms with Crippen molar-refractivity contribution in [3.63, 3.8) is 0 Å². The topological polar surface area (TPSA) is 82.4 Å². The first-order valence-electron chi connectivity index (χ1n) is 8.08. The number of hydrogen-bond donors (Lipinski definition) is 1. The van der Waals surface area contributed by atoms with E-state index in [1.54, 1.807) is 18.2 Å². The molecule has 0 bridgehead atoms. The molecule has 2 aromatic rings. The van der Waals surface area contributed by atoms with Crippen LogP contribution < -0.4 is 10.1 Å². The Morgan fingerprint density at radius 1 is 1.19 bits per heavy atom. The molecule has 8 heteroatoms. The first kappa shape index (κ1) is 18.3. The van der Waals surface area contributed by atoms with Crippen molar-refractivity contribution < 1.29 is 23.1 Å². The van der Waals surface area contributed by atoms with Crippen molar-refractivity contribution in [2.24, 2.45) is 0 Å². The van der Waals surface area contributed by atoms with E-state index >= 15 is 0 Å². The Hall–Kier alpha value is -3.47. The third-order valence-corrected chi connectivity index (χ3v) is 4.32. The van der Waals surface area contributed by atoms with E-state index in [1.807, 2.05) is 6.07 Å². The molecule has 1 atom stereocenters. The summed E-state index contributed by atoms with van der Waals surface area (Å²) >= 11 is 0. The van der Waals surface area contributed by atoms with Gasteiger partial charge in [-0.05, 0) is 42.8 Å². The summed E-state index contributed by atoms with van der Waals surface area (Å²) in [5, 5.41) is 11.4. The molecule has 0 saturated carbocycles. The SMILES string of the molecule is C[C@]1(c2ccc(F)c(F)c2)NC(=O)N(CCOc2cccc(C#N)c2)C1=O. The second-order valence-corrected chi connectivity index (χ2v) is 6.13. The lowest BCUT2D eigenvalue weighted by Crippen LogP contribution is -2.41. The van der Waals surface area contributed by atoms with Crippen LogP contribution in [-0.4, -0.2) is 30.0 Å². The molecule has 3 amide bonds. The Morgan fingerprint density at radius 2 is 1.96 bits per heavy atom. The van der Waals surface area contributed by atoms with Gasteiger partial charge in [0.2, 0.25) is 0 Å².